The van der Waals surface area contributed by atoms with Gasteiger partial charge in [-0.15, -0.1) is 0 Å². The summed E-state index contributed by atoms with van der Waals surface area (Å²) in [7, 11) is 0. The number of benzene rings is 2. The summed E-state index contributed by atoms with van der Waals surface area (Å²) in [6.07, 6.45) is 0. The lowest BCUT2D eigenvalue weighted by molar-refractivity contribution is 0.0920. The molecule has 0 aliphatic heterocycles. The van der Waals surface area contributed by atoms with Gasteiger partial charge >= 0.3 is 0 Å². The van der Waals surface area contributed by atoms with E-state index in [-0.39, 0.29) is 18.2 Å². The predicted octanol–water partition coefficient (Wildman–Crippen LogP) is 3.70. The summed E-state index contributed by atoms with van der Waals surface area (Å²) in [5.41, 5.74) is 2.44. The molecule has 0 spiro atoms. The van der Waals surface area contributed by atoms with Gasteiger partial charge in [0.05, 0.1) is 0 Å². The lowest BCUT2D eigenvalue weighted by Gasteiger charge is -2.11. The zero-order valence-electron chi connectivity index (χ0n) is 10.9. The molecule has 98 valence electrons. The van der Waals surface area contributed by atoms with Crippen LogP contribution < -0.4 is 4.74 Å². The van der Waals surface area contributed by atoms with Crippen molar-refractivity contribution < 1.29 is 13.9 Å². The van der Waals surface area contributed by atoms with E-state index in [0.717, 1.165) is 16.9 Å². The van der Waals surface area contributed by atoms with Gasteiger partial charge in [-0.1, -0.05) is 18.2 Å². The molecular weight excluding hydrogens is 243 g/mol. The van der Waals surface area contributed by atoms with Gasteiger partial charge in [-0.2, -0.15) is 0 Å². The van der Waals surface area contributed by atoms with Crippen molar-refractivity contribution in [3.05, 3.63) is 65.0 Å². The number of carbonyl (C=O) groups excluding carboxylic acids is 1. The molecule has 2 rings (SSSR count). The highest BCUT2D eigenvalue weighted by atomic mass is 19.1. The Morgan fingerprint density at radius 2 is 1.63 bits per heavy atom. The molecule has 0 saturated heterocycles. The molecule has 0 saturated carbocycles. The van der Waals surface area contributed by atoms with Gasteiger partial charge in [0.2, 0.25) is 0 Å². The topological polar surface area (TPSA) is 26.3 Å². The lowest BCUT2D eigenvalue weighted by Crippen LogP contribution is -2.12. The molecule has 2 nitrogen and oxygen atoms in total. The van der Waals surface area contributed by atoms with Crippen LogP contribution in [0.1, 0.15) is 21.5 Å². The molecule has 0 heterocycles. The second kappa shape index (κ2) is 5.65. The Balaban J connectivity index is 2.06. The van der Waals surface area contributed by atoms with Crippen LogP contribution in [0.5, 0.6) is 5.75 Å². The van der Waals surface area contributed by atoms with E-state index in [0.29, 0.717) is 5.56 Å². The van der Waals surface area contributed by atoms with Crippen molar-refractivity contribution in [2.45, 2.75) is 13.8 Å². The van der Waals surface area contributed by atoms with E-state index in [9.17, 15) is 9.18 Å². The van der Waals surface area contributed by atoms with E-state index in [1.54, 1.807) is 0 Å². The van der Waals surface area contributed by atoms with E-state index in [2.05, 4.69) is 0 Å². The Morgan fingerprint density at radius 1 is 1.05 bits per heavy atom. The fraction of sp³-hybridized carbons (Fsp3) is 0.188. The van der Waals surface area contributed by atoms with Crippen molar-refractivity contribution in [3.8, 4) is 5.75 Å². The number of hydrogen-bond acceptors (Lipinski definition) is 2. The molecule has 2 aromatic rings. The number of hydrogen-bond donors (Lipinski definition) is 0. The third-order valence-electron chi connectivity index (χ3n) is 2.92. The van der Waals surface area contributed by atoms with Crippen LogP contribution in [0.3, 0.4) is 0 Å². The van der Waals surface area contributed by atoms with Crippen LogP contribution in [0.4, 0.5) is 4.39 Å². The largest absolute Gasteiger partial charge is 0.485 e. The third-order valence-corrected chi connectivity index (χ3v) is 2.92. The first-order chi connectivity index (χ1) is 9.08. The molecule has 0 N–H and O–H groups in total. The van der Waals surface area contributed by atoms with Gasteiger partial charge in [0, 0.05) is 5.56 Å². The quantitative estimate of drug-likeness (QED) is 0.781. The van der Waals surface area contributed by atoms with Crippen molar-refractivity contribution in [2.24, 2.45) is 0 Å². The van der Waals surface area contributed by atoms with E-state index >= 15 is 0 Å². The molecule has 3 heteroatoms. The van der Waals surface area contributed by atoms with Gasteiger partial charge in [-0.05, 0) is 49.2 Å². The first kappa shape index (κ1) is 13.3. The van der Waals surface area contributed by atoms with Crippen LogP contribution in [0.15, 0.2) is 42.5 Å². The van der Waals surface area contributed by atoms with Gasteiger partial charge in [-0.25, -0.2) is 4.39 Å². The minimum Gasteiger partial charge on any atom is -0.485 e. The highest BCUT2D eigenvalue weighted by Gasteiger charge is 2.09. The standard InChI is InChI=1S/C16H15FO2/c1-11-4-3-5-12(2)16(11)19-10-15(18)13-6-8-14(17)9-7-13/h3-9H,10H2,1-2H3. The summed E-state index contributed by atoms with van der Waals surface area (Å²) in [6.45, 7) is 3.83. The smallest absolute Gasteiger partial charge is 0.200 e. The number of halogens is 1. The Labute approximate surface area is 111 Å². The van der Waals surface area contributed by atoms with Crippen LogP contribution >= 0.6 is 0 Å². The van der Waals surface area contributed by atoms with Crippen LogP contribution in [0.25, 0.3) is 0 Å². The second-order valence-corrected chi connectivity index (χ2v) is 4.44. The van der Waals surface area contributed by atoms with Gasteiger partial charge < -0.3 is 4.74 Å². The molecule has 0 aliphatic rings. The average molecular weight is 258 g/mol. The average Bonchev–Trinajstić information content (AvgIpc) is 2.38. The van der Waals surface area contributed by atoms with Gasteiger partial charge in [-0.3, -0.25) is 4.79 Å². The summed E-state index contributed by atoms with van der Waals surface area (Å²) >= 11 is 0. The van der Waals surface area contributed by atoms with E-state index in [1.165, 1.54) is 24.3 Å². The number of ether oxygens (including phenoxy) is 1. The van der Waals surface area contributed by atoms with E-state index < -0.39 is 0 Å². The molecule has 0 aromatic heterocycles. The second-order valence-electron chi connectivity index (χ2n) is 4.44. The monoisotopic (exact) mass is 258 g/mol. The molecule has 0 aliphatic carbocycles. The maximum absolute atomic E-state index is 12.8. The normalized spacial score (nSPS) is 10.3. The molecular formula is C16H15FO2. The Hall–Kier alpha value is -2.16. The fourth-order valence-corrected chi connectivity index (χ4v) is 1.88. The molecule has 0 atom stereocenters. The minimum absolute atomic E-state index is 0.0443. The zero-order valence-corrected chi connectivity index (χ0v) is 10.9. The number of Topliss-reactive ketones (excluding diaryl/α,β-unsaturated/α-hetero) is 1. The summed E-state index contributed by atoms with van der Waals surface area (Å²) in [6, 6.07) is 11.3. The molecule has 0 radical (unpaired) electrons. The summed E-state index contributed by atoms with van der Waals surface area (Å²) in [4.78, 5) is 11.9. The van der Waals surface area contributed by atoms with Crippen molar-refractivity contribution in [2.75, 3.05) is 6.61 Å². The van der Waals surface area contributed by atoms with Crippen LogP contribution in [-0.2, 0) is 0 Å². The Morgan fingerprint density at radius 3 is 2.21 bits per heavy atom. The van der Waals surface area contributed by atoms with Crippen LogP contribution in [0.2, 0.25) is 0 Å². The lowest BCUT2D eigenvalue weighted by atomic mass is 10.1. The molecule has 0 fully saturated rings. The molecule has 2 aromatic carbocycles. The van der Waals surface area contributed by atoms with E-state index in [4.69, 9.17) is 4.74 Å². The Bertz CT molecular complexity index is 568. The third kappa shape index (κ3) is 3.19. The first-order valence-electron chi connectivity index (χ1n) is 6.05. The van der Waals surface area contributed by atoms with Crippen molar-refractivity contribution in [1.29, 1.82) is 0 Å². The van der Waals surface area contributed by atoms with E-state index in [1.807, 2.05) is 32.0 Å². The molecule has 0 unspecified atom stereocenters. The maximum atomic E-state index is 12.8. The van der Waals surface area contributed by atoms with Gasteiger partial charge in [0.1, 0.15) is 11.6 Å². The number of ketones is 1. The minimum atomic E-state index is -0.354. The molecule has 19 heavy (non-hydrogen) atoms. The van der Waals surface area contributed by atoms with Crippen molar-refractivity contribution in [1.82, 2.24) is 0 Å². The number of rotatable bonds is 4. The van der Waals surface area contributed by atoms with Gasteiger partial charge in [0.15, 0.2) is 12.4 Å². The van der Waals surface area contributed by atoms with Crippen LogP contribution in [-0.4, -0.2) is 12.4 Å². The zero-order chi connectivity index (χ0) is 13.8. The maximum Gasteiger partial charge on any atom is 0.200 e. The molecule has 0 amide bonds. The highest BCUT2D eigenvalue weighted by molar-refractivity contribution is 5.97. The summed E-state index contributed by atoms with van der Waals surface area (Å²) < 4.78 is 18.3. The van der Waals surface area contributed by atoms with Crippen molar-refractivity contribution in [3.63, 3.8) is 0 Å². The van der Waals surface area contributed by atoms with Gasteiger partial charge in [0.25, 0.3) is 0 Å². The SMILES string of the molecule is Cc1cccc(C)c1OCC(=O)c1ccc(F)cc1. The Kier molecular flexibility index (Phi) is 3.95. The fourth-order valence-electron chi connectivity index (χ4n) is 1.88. The predicted molar refractivity (Wildman–Crippen MR) is 72.1 cm³/mol. The number of carbonyl (C=O) groups is 1. The first-order valence-corrected chi connectivity index (χ1v) is 6.05. The summed E-state index contributed by atoms with van der Waals surface area (Å²) in [5.74, 6) is 0.216. The summed E-state index contributed by atoms with van der Waals surface area (Å²) in [5, 5.41) is 0. The number of aryl methyl sites for hydroxylation is 2. The van der Waals surface area contributed by atoms with Crippen LogP contribution in [0, 0.1) is 19.7 Å². The van der Waals surface area contributed by atoms with Crippen molar-refractivity contribution >= 4 is 5.78 Å². The number of para-hydroxylation sites is 1. The molecule has 0 bridgehead atoms. The highest BCUT2D eigenvalue weighted by Crippen LogP contribution is 2.22.